The van der Waals surface area contributed by atoms with Crippen molar-refractivity contribution in [2.24, 2.45) is 0 Å². The van der Waals surface area contributed by atoms with Crippen molar-refractivity contribution in [2.75, 3.05) is 19.7 Å². The molecule has 1 unspecified atom stereocenters. The SMILES string of the molecule is O=C(NCc1ccco1)C1COC2(CCN(C(=O)c3ccco3)CC2)N1C(=O)c1ccco1. The summed E-state index contributed by atoms with van der Waals surface area (Å²) in [7, 11) is 0. The summed E-state index contributed by atoms with van der Waals surface area (Å²) in [5.41, 5.74) is -1.02. The van der Waals surface area contributed by atoms with Crippen molar-refractivity contribution in [1.29, 1.82) is 0 Å². The van der Waals surface area contributed by atoms with Crippen molar-refractivity contribution in [2.45, 2.75) is 31.2 Å². The van der Waals surface area contributed by atoms with Crippen molar-refractivity contribution in [1.82, 2.24) is 15.1 Å². The van der Waals surface area contributed by atoms with E-state index in [-0.39, 0.29) is 36.5 Å². The van der Waals surface area contributed by atoms with E-state index in [4.69, 9.17) is 18.0 Å². The number of ether oxygens (including phenoxy) is 1. The number of piperidine rings is 1. The van der Waals surface area contributed by atoms with Gasteiger partial charge in [0.2, 0.25) is 5.91 Å². The van der Waals surface area contributed by atoms with Crippen LogP contribution < -0.4 is 5.32 Å². The van der Waals surface area contributed by atoms with Crippen molar-refractivity contribution in [3.05, 3.63) is 72.5 Å². The fourth-order valence-corrected chi connectivity index (χ4v) is 4.41. The van der Waals surface area contributed by atoms with Crippen molar-refractivity contribution in [3.63, 3.8) is 0 Å². The molecule has 0 saturated carbocycles. The van der Waals surface area contributed by atoms with Crippen LogP contribution in [0.5, 0.6) is 0 Å². The van der Waals surface area contributed by atoms with Crippen LogP contribution in [0.2, 0.25) is 0 Å². The van der Waals surface area contributed by atoms with Gasteiger partial charge in [0, 0.05) is 25.9 Å². The zero-order valence-electron chi connectivity index (χ0n) is 17.8. The second-order valence-electron chi connectivity index (χ2n) is 7.99. The predicted molar refractivity (Wildman–Crippen MR) is 112 cm³/mol. The van der Waals surface area contributed by atoms with E-state index in [0.717, 1.165) is 0 Å². The van der Waals surface area contributed by atoms with E-state index >= 15 is 0 Å². The Bertz CT molecular complexity index is 1100. The van der Waals surface area contributed by atoms with Gasteiger partial charge in [0.25, 0.3) is 11.8 Å². The van der Waals surface area contributed by atoms with Crippen molar-refractivity contribution >= 4 is 17.7 Å². The summed E-state index contributed by atoms with van der Waals surface area (Å²) in [6.07, 6.45) is 5.10. The Hall–Kier alpha value is -3.79. The molecular weight excluding hydrogens is 430 g/mol. The van der Waals surface area contributed by atoms with Gasteiger partial charge in [-0.05, 0) is 36.4 Å². The van der Waals surface area contributed by atoms with Gasteiger partial charge in [-0.1, -0.05) is 0 Å². The number of hydrogen-bond acceptors (Lipinski definition) is 7. The topological polar surface area (TPSA) is 118 Å². The Morgan fingerprint density at radius 1 is 0.909 bits per heavy atom. The predicted octanol–water partition coefficient (Wildman–Crippen LogP) is 2.26. The lowest BCUT2D eigenvalue weighted by Crippen LogP contribution is -2.59. The second-order valence-corrected chi connectivity index (χ2v) is 7.99. The normalized spacial score (nSPS) is 19.7. The van der Waals surface area contributed by atoms with Crippen LogP contribution in [0.25, 0.3) is 0 Å². The van der Waals surface area contributed by atoms with Gasteiger partial charge in [0.1, 0.15) is 17.5 Å². The number of rotatable bonds is 5. The number of nitrogens with one attached hydrogen (secondary N) is 1. The molecule has 0 aromatic carbocycles. The third kappa shape index (κ3) is 3.93. The highest BCUT2D eigenvalue weighted by Crippen LogP contribution is 2.39. The quantitative estimate of drug-likeness (QED) is 0.629. The molecule has 1 atom stereocenters. The molecule has 1 N–H and O–H groups in total. The number of carbonyl (C=O) groups is 3. The van der Waals surface area contributed by atoms with Crippen LogP contribution in [-0.4, -0.2) is 59.0 Å². The molecule has 3 aromatic rings. The minimum atomic E-state index is -1.02. The maximum Gasteiger partial charge on any atom is 0.292 e. The molecule has 3 aromatic heterocycles. The smallest absolute Gasteiger partial charge is 0.292 e. The Labute approximate surface area is 189 Å². The van der Waals surface area contributed by atoms with Gasteiger partial charge in [-0.15, -0.1) is 0 Å². The summed E-state index contributed by atoms with van der Waals surface area (Å²) in [6, 6.07) is 9.10. The van der Waals surface area contributed by atoms with E-state index in [1.807, 2.05) is 0 Å². The van der Waals surface area contributed by atoms with Gasteiger partial charge in [-0.3, -0.25) is 19.3 Å². The highest BCUT2D eigenvalue weighted by Gasteiger charge is 2.54. The first-order valence-electron chi connectivity index (χ1n) is 10.7. The van der Waals surface area contributed by atoms with Crippen LogP contribution >= 0.6 is 0 Å². The summed E-state index contributed by atoms with van der Waals surface area (Å²) in [4.78, 5) is 42.2. The number of furan rings is 3. The van der Waals surface area contributed by atoms with Crippen molar-refractivity contribution in [3.8, 4) is 0 Å². The lowest BCUT2D eigenvalue weighted by molar-refractivity contribution is -0.128. The minimum absolute atomic E-state index is 0.0442. The van der Waals surface area contributed by atoms with Crippen LogP contribution in [0.1, 0.15) is 39.7 Å². The van der Waals surface area contributed by atoms with E-state index in [9.17, 15) is 14.4 Å². The molecule has 10 nitrogen and oxygen atoms in total. The Balaban J connectivity index is 1.34. The zero-order valence-corrected chi connectivity index (χ0v) is 17.8. The standard InChI is InChI=1S/C23H23N3O7/c27-20(24-14-16-4-1-11-30-16)17-15-33-23(26(17)22(29)19-6-3-13-32-19)7-9-25(10-8-23)21(28)18-5-2-12-31-18/h1-6,11-13,17H,7-10,14-15H2,(H,24,27). The second kappa shape index (κ2) is 8.62. The molecule has 0 bridgehead atoms. The van der Waals surface area contributed by atoms with Crippen LogP contribution in [0, 0.1) is 0 Å². The largest absolute Gasteiger partial charge is 0.467 e. The molecule has 2 fully saturated rings. The average molecular weight is 453 g/mol. The van der Waals surface area contributed by atoms with Crippen LogP contribution in [0.3, 0.4) is 0 Å². The Kier molecular flexibility index (Phi) is 5.51. The molecule has 2 aliphatic heterocycles. The zero-order chi connectivity index (χ0) is 22.8. The molecule has 1 spiro atoms. The van der Waals surface area contributed by atoms with Gasteiger partial charge >= 0.3 is 0 Å². The molecule has 5 rings (SSSR count). The molecule has 5 heterocycles. The van der Waals surface area contributed by atoms with Crippen molar-refractivity contribution < 1.29 is 32.4 Å². The molecule has 2 saturated heterocycles. The van der Waals surface area contributed by atoms with Gasteiger partial charge in [-0.2, -0.15) is 0 Å². The van der Waals surface area contributed by atoms with Crippen LogP contribution in [0.4, 0.5) is 0 Å². The fraction of sp³-hybridized carbons (Fsp3) is 0.348. The number of amides is 3. The van der Waals surface area contributed by atoms with Gasteiger partial charge < -0.3 is 28.2 Å². The first-order valence-corrected chi connectivity index (χ1v) is 10.7. The third-order valence-electron chi connectivity index (χ3n) is 6.09. The first-order chi connectivity index (χ1) is 16.1. The maximum absolute atomic E-state index is 13.4. The number of likely N-dealkylation sites (tertiary alicyclic amines) is 1. The lowest BCUT2D eigenvalue weighted by atomic mass is 9.97. The molecular formula is C23H23N3O7. The van der Waals surface area contributed by atoms with Gasteiger partial charge in [-0.25, -0.2) is 0 Å². The summed E-state index contributed by atoms with van der Waals surface area (Å²) >= 11 is 0. The van der Waals surface area contributed by atoms with Crippen LogP contribution in [-0.2, 0) is 16.1 Å². The van der Waals surface area contributed by atoms with Gasteiger partial charge in [0.05, 0.1) is 31.9 Å². The molecule has 2 aliphatic rings. The summed E-state index contributed by atoms with van der Waals surface area (Å²) in [5, 5.41) is 2.81. The highest BCUT2D eigenvalue weighted by atomic mass is 16.5. The molecule has 0 radical (unpaired) electrons. The monoisotopic (exact) mass is 453 g/mol. The first kappa shape index (κ1) is 21.1. The summed E-state index contributed by atoms with van der Waals surface area (Å²) in [5.74, 6) is -0.0105. The minimum Gasteiger partial charge on any atom is -0.467 e. The summed E-state index contributed by atoms with van der Waals surface area (Å²) < 4.78 is 21.9. The summed E-state index contributed by atoms with van der Waals surface area (Å²) in [6.45, 7) is 0.941. The number of hydrogen-bond donors (Lipinski definition) is 1. The molecule has 172 valence electrons. The van der Waals surface area contributed by atoms with E-state index in [1.165, 1.54) is 23.7 Å². The van der Waals surface area contributed by atoms with Crippen LogP contribution in [0.15, 0.2) is 68.4 Å². The highest BCUT2D eigenvalue weighted by molar-refractivity contribution is 5.96. The third-order valence-corrected chi connectivity index (χ3v) is 6.09. The molecule has 0 aliphatic carbocycles. The Morgan fingerprint density at radius 2 is 1.55 bits per heavy atom. The van der Waals surface area contributed by atoms with E-state index in [2.05, 4.69) is 5.32 Å². The van der Waals surface area contributed by atoms with E-state index in [0.29, 0.717) is 31.7 Å². The number of nitrogens with zero attached hydrogens (tertiary/aromatic N) is 2. The van der Waals surface area contributed by atoms with E-state index < -0.39 is 17.7 Å². The van der Waals surface area contributed by atoms with E-state index in [1.54, 1.807) is 41.3 Å². The maximum atomic E-state index is 13.4. The molecule has 33 heavy (non-hydrogen) atoms. The number of carbonyl (C=O) groups excluding carboxylic acids is 3. The lowest BCUT2D eigenvalue weighted by Gasteiger charge is -2.44. The molecule has 3 amide bonds. The van der Waals surface area contributed by atoms with Gasteiger partial charge in [0.15, 0.2) is 11.5 Å². The Morgan fingerprint density at radius 3 is 2.15 bits per heavy atom. The average Bonchev–Trinajstić information content (AvgIpc) is 3.64. The fourth-order valence-electron chi connectivity index (χ4n) is 4.41. The molecule has 10 heteroatoms.